The summed E-state index contributed by atoms with van der Waals surface area (Å²) in [6, 6.07) is 2.36. The van der Waals surface area contributed by atoms with Crippen LogP contribution in [-0.4, -0.2) is 38.7 Å². The van der Waals surface area contributed by atoms with Crippen molar-refractivity contribution in [3.05, 3.63) is 36.2 Å². The third-order valence-corrected chi connectivity index (χ3v) is 5.09. The molecule has 2 aromatic heterocycles. The Morgan fingerprint density at radius 3 is 2.76 bits per heavy atom. The Labute approximate surface area is 148 Å². The molecule has 0 saturated carbocycles. The van der Waals surface area contributed by atoms with E-state index in [1.54, 1.807) is 6.20 Å². The molecule has 136 valence electrons. The molecule has 2 aromatic rings. The lowest BCUT2D eigenvalue weighted by molar-refractivity contribution is 0.170. The summed E-state index contributed by atoms with van der Waals surface area (Å²) >= 11 is 0. The smallest absolute Gasteiger partial charge is 0.317 e. The summed E-state index contributed by atoms with van der Waals surface area (Å²) in [5.41, 5.74) is 0.982. The van der Waals surface area contributed by atoms with Crippen LogP contribution in [0.4, 0.5) is 4.79 Å². The Bertz CT molecular complexity index is 655. The van der Waals surface area contributed by atoms with Gasteiger partial charge in [0.2, 0.25) is 0 Å². The van der Waals surface area contributed by atoms with Gasteiger partial charge in [-0.15, -0.1) is 0 Å². The average Bonchev–Trinajstić information content (AvgIpc) is 3.33. The number of hydrogen-bond acceptors (Lipinski definition) is 4. The van der Waals surface area contributed by atoms with Crippen molar-refractivity contribution in [1.82, 2.24) is 24.9 Å². The van der Waals surface area contributed by atoms with E-state index in [1.165, 1.54) is 0 Å². The first-order valence-electron chi connectivity index (χ1n) is 9.17. The van der Waals surface area contributed by atoms with Crippen LogP contribution in [0.25, 0.3) is 0 Å². The van der Waals surface area contributed by atoms with E-state index in [4.69, 9.17) is 4.52 Å². The number of carbonyl (C=O) groups is 1. The van der Waals surface area contributed by atoms with Crippen LogP contribution >= 0.6 is 0 Å². The zero-order valence-corrected chi connectivity index (χ0v) is 15.0. The lowest BCUT2D eigenvalue weighted by atomic mass is 9.99. The van der Waals surface area contributed by atoms with E-state index in [1.807, 2.05) is 23.5 Å². The Balaban J connectivity index is 1.45. The normalized spacial score (nSPS) is 15.7. The number of aromatic nitrogens is 3. The summed E-state index contributed by atoms with van der Waals surface area (Å²) in [6.07, 6.45) is 9.62. The Kier molecular flexibility index (Phi) is 5.73. The SMILES string of the molecule is CCC(CC)c1cc(CNC(=O)N2CCC(n3ccnc3)CC2)on1. The second-order valence-corrected chi connectivity index (χ2v) is 6.62. The first kappa shape index (κ1) is 17.5. The molecule has 1 aliphatic rings. The van der Waals surface area contributed by atoms with Crippen LogP contribution in [0, 0.1) is 0 Å². The number of amides is 2. The first-order chi connectivity index (χ1) is 12.2. The zero-order chi connectivity index (χ0) is 17.6. The molecule has 0 unspecified atom stereocenters. The van der Waals surface area contributed by atoms with Gasteiger partial charge in [-0.2, -0.15) is 0 Å². The van der Waals surface area contributed by atoms with Gasteiger partial charge in [-0.3, -0.25) is 0 Å². The minimum Gasteiger partial charge on any atom is -0.359 e. The van der Waals surface area contributed by atoms with E-state index >= 15 is 0 Å². The van der Waals surface area contributed by atoms with Gasteiger partial charge >= 0.3 is 6.03 Å². The minimum absolute atomic E-state index is 0.0374. The van der Waals surface area contributed by atoms with Crippen molar-refractivity contribution in [2.24, 2.45) is 0 Å². The zero-order valence-electron chi connectivity index (χ0n) is 15.0. The van der Waals surface area contributed by atoms with Crippen molar-refractivity contribution in [1.29, 1.82) is 0 Å². The summed E-state index contributed by atoms with van der Waals surface area (Å²) in [6.45, 7) is 6.19. The maximum absolute atomic E-state index is 12.4. The highest BCUT2D eigenvalue weighted by molar-refractivity contribution is 5.74. The van der Waals surface area contributed by atoms with Crippen LogP contribution in [0.3, 0.4) is 0 Å². The second kappa shape index (κ2) is 8.18. The summed E-state index contributed by atoms with van der Waals surface area (Å²) < 4.78 is 7.49. The van der Waals surface area contributed by atoms with E-state index in [0.717, 1.165) is 44.5 Å². The molecule has 1 saturated heterocycles. The van der Waals surface area contributed by atoms with Crippen molar-refractivity contribution >= 4 is 6.03 Å². The summed E-state index contributed by atoms with van der Waals surface area (Å²) in [4.78, 5) is 18.3. The van der Waals surface area contributed by atoms with Crippen molar-refractivity contribution in [2.45, 2.75) is 58.0 Å². The molecule has 7 heteroatoms. The lowest BCUT2D eigenvalue weighted by Gasteiger charge is -2.32. The topological polar surface area (TPSA) is 76.2 Å². The number of hydrogen-bond donors (Lipinski definition) is 1. The fourth-order valence-electron chi connectivity index (χ4n) is 3.44. The van der Waals surface area contributed by atoms with Crippen LogP contribution in [0.1, 0.15) is 62.9 Å². The highest BCUT2D eigenvalue weighted by atomic mass is 16.5. The molecule has 1 N–H and O–H groups in total. The molecular weight excluding hydrogens is 318 g/mol. The van der Waals surface area contributed by atoms with Gasteiger partial charge in [-0.1, -0.05) is 19.0 Å². The monoisotopic (exact) mass is 345 g/mol. The molecule has 7 nitrogen and oxygen atoms in total. The average molecular weight is 345 g/mol. The van der Waals surface area contributed by atoms with Crippen molar-refractivity contribution < 1.29 is 9.32 Å². The van der Waals surface area contributed by atoms with Gasteiger partial charge in [0, 0.05) is 43.5 Å². The number of nitrogens with zero attached hydrogens (tertiary/aromatic N) is 4. The van der Waals surface area contributed by atoms with Crippen molar-refractivity contribution in [2.75, 3.05) is 13.1 Å². The van der Waals surface area contributed by atoms with Gasteiger partial charge in [0.1, 0.15) is 0 Å². The van der Waals surface area contributed by atoms with E-state index < -0.39 is 0 Å². The fraction of sp³-hybridized carbons (Fsp3) is 0.611. The Hall–Kier alpha value is -2.31. The lowest BCUT2D eigenvalue weighted by Crippen LogP contribution is -2.44. The molecule has 0 atom stereocenters. The highest BCUT2D eigenvalue weighted by Gasteiger charge is 2.23. The van der Waals surface area contributed by atoms with Crippen LogP contribution in [0.15, 0.2) is 29.3 Å². The fourth-order valence-corrected chi connectivity index (χ4v) is 3.44. The summed E-state index contributed by atoms with van der Waals surface area (Å²) in [5.74, 6) is 1.14. The molecule has 1 fully saturated rings. The predicted octanol–water partition coefficient (Wildman–Crippen LogP) is 3.32. The van der Waals surface area contributed by atoms with Crippen molar-refractivity contribution in [3.8, 4) is 0 Å². The number of rotatable bonds is 6. The number of imidazole rings is 1. The molecule has 0 radical (unpaired) electrons. The highest BCUT2D eigenvalue weighted by Crippen LogP contribution is 2.23. The van der Waals surface area contributed by atoms with Crippen LogP contribution in [0.5, 0.6) is 0 Å². The molecule has 0 aromatic carbocycles. The third kappa shape index (κ3) is 4.21. The van der Waals surface area contributed by atoms with E-state index in [-0.39, 0.29) is 6.03 Å². The number of urea groups is 1. The van der Waals surface area contributed by atoms with Gasteiger partial charge in [0.05, 0.1) is 18.6 Å². The number of piperidine rings is 1. The number of likely N-dealkylation sites (tertiary alicyclic amines) is 1. The van der Waals surface area contributed by atoms with E-state index in [2.05, 4.69) is 33.9 Å². The quantitative estimate of drug-likeness (QED) is 0.871. The van der Waals surface area contributed by atoms with Crippen LogP contribution in [-0.2, 0) is 6.54 Å². The molecule has 0 aliphatic carbocycles. The van der Waals surface area contributed by atoms with E-state index in [9.17, 15) is 4.79 Å². The minimum atomic E-state index is -0.0374. The maximum Gasteiger partial charge on any atom is 0.317 e. The standard InChI is InChI=1S/C18H27N5O2/c1-3-14(4-2)17-11-16(25-21-17)12-20-18(24)22-8-5-15(6-9-22)23-10-7-19-13-23/h7,10-11,13-15H,3-6,8-9,12H2,1-2H3,(H,20,24). The molecule has 25 heavy (non-hydrogen) atoms. The molecule has 2 amide bonds. The predicted molar refractivity (Wildman–Crippen MR) is 94.1 cm³/mol. The Morgan fingerprint density at radius 2 is 2.12 bits per heavy atom. The maximum atomic E-state index is 12.4. The second-order valence-electron chi connectivity index (χ2n) is 6.62. The Morgan fingerprint density at radius 1 is 1.36 bits per heavy atom. The van der Waals surface area contributed by atoms with Gasteiger partial charge in [0.25, 0.3) is 0 Å². The molecule has 0 spiro atoms. The largest absolute Gasteiger partial charge is 0.359 e. The van der Waals surface area contributed by atoms with Gasteiger partial charge < -0.3 is 19.3 Å². The number of carbonyl (C=O) groups excluding carboxylic acids is 1. The van der Waals surface area contributed by atoms with Gasteiger partial charge in [-0.25, -0.2) is 9.78 Å². The molecule has 0 bridgehead atoms. The first-order valence-corrected chi connectivity index (χ1v) is 9.17. The molecule has 3 rings (SSSR count). The number of nitrogens with one attached hydrogen (secondary N) is 1. The van der Waals surface area contributed by atoms with Gasteiger partial charge in [-0.05, 0) is 25.7 Å². The molecule has 3 heterocycles. The molecule has 1 aliphatic heterocycles. The van der Waals surface area contributed by atoms with Crippen molar-refractivity contribution in [3.63, 3.8) is 0 Å². The van der Waals surface area contributed by atoms with E-state index in [0.29, 0.717) is 24.3 Å². The summed E-state index contributed by atoms with van der Waals surface area (Å²) in [5, 5.41) is 7.08. The van der Waals surface area contributed by atoms with Crippen LogP contribution < -0.4 is 5.32 Å². The third-order valence-electron chi connectivity index (χ3n) is 5.09. The molecular formula is C18H27N5O2. The van der Waals surface area contributed by atoms with Gasteiger partial charge in [0.15, 0.2) is 5.76 Å². The summed E-state index contributed by atoms with van der Waals surface area (Å²) in [7, 11) is 0. The van der Waals surface area contributed by atoms with Crippen LogP contribution in [0.2, 0.25) is 0 Å².